The van der Waals surface area contributed by atoms with Gasteiger partial charge in [0.15, 0.2) is 0 Å². The molecule has 196 valence electrons. The van der Waals surface area contributed by atoms with Gasteiger partial charge in [-0.25, -0.2) is 8.42 Å². The van der Waals surface area contributed by atoms with Crippen LogP contribution in [0.2, 0.25) is 5.02 Å². The highest BCUT2D eigenvalue weighted by Gasteiger charge is 2.31. The number of carbonyl (C=O) groups excluding carboxylic acids is 1. The highest BCUT2D eigenvalue weighted by molar-refractivity contribution is 7.92. The molecule has 3 aromatic rings. The van der Waals surface area contributed by atoms with Gasteiger partial charge in [0, 0.05) is 28.4 Å². The van der Waals surface area contributed by atoms with Crippen molar-refractivity contribution < 1.29 is 27.6 Å². The summed E-state index contributed by atoms with van der Waals surface area (Å²) in [5.41, 5.74) is 0.303. The van der Waals surface area contributed by atoms with E-state index in [9.17, 15) is 23.3 Å². The lowest BCUT2D eigenvalue weighted by Crippen LogP contribution is -2.38. The summed E-state index contributed by atoms with van der Waals surface area (Å²) in [6.45, 7) is 4.55. The van der Waals surface area contributed by atoms with Crippen molar-refractivity contribution in [3.05, 3.63) is 81.4 Å². The molecule has 12 heteroatoms. The quantitative estimate of drug-likeness (QED) is 0.273. The normalized spacial score (nSPS) is 11.2. The zero-order valence-electron chi connectivity index (χ0n) is 20.6. The number of nitrogens with zero attached hydrogens (tertiary/aromatic N) is 2. The molecule has 0 aliphatic rings. The number of carbonyl (C=O) groups is 1. The minimum atomic E-state index is -4.48. The van der Waals surface area contributed by atoms with Crippen LogP contribution in [0.1, 0.15) is 19.4 Å². The van der Waals surface area contributed by atoms with Crippen LogP contribution in [0.15, 0.2) is 65.6 Å². The van der Waals surface area contributed by atoms with Crippen molar-refractivity contribution in [2.75, 3.05) is 23.3 Å². The van der Waals surface area contributed by atoms with Crippen LogP contribution in [0.4, 0.5) is 17.1 Å². The van der Waals surface area contributed by atoms with Crippen LogP contribution in [0.5, 0.6) is 11.5 Å². The number of amides is 1. The first kappa shape index (κ1) is 27.8. The largest absolute Gasteiger partial charge is 0.495 e. The van der Waals surface area contributed by atoms with Crippen LogP contribution in [-0.4, -0.2) is 39.0 Å². The van der Waals surface area contributed by atoms with E-state index in [1.807, 2.05) is 13.8 Å². The minimum absolute atomic E-state index is 0.00901. The van der Waals surface area contributed by atoms with Crippen molar-refractivity contribution in [3.8, 4) is 11.5 Å². The number of hydrogen-bond acceptors (Lipinski definition) is 7. The Labute approximate surface area is 220 Å². The highest BCUT2D eigenvalue weighted by atomic mass is 35.5. The molecule has 10 nitrogen and oxygen atoms in total. The van der Waals surface area contributed by atoms with E-state index in [1.54, 1.807) is 24.3 Å². The van der Waals surface area contributed by atoms with Crippen molar-refractivity contribution in [1.29, 1.82) is 0 Å². The Balaban J connectivity index is 2.04. The van der Waals surface area contributed by atoms with Crippen LogP contribution >= 0.6 is 11.6 Å². The molecule has 1 amide bonds. The Kier molecular flexibility index (Phi) is 8.61. The summed E-state index contributed by atoms with van der Waals surface area (Å²) in [6.07, 6.45) is -0.0829. The molecule has 37 heavy (non-hydrogen) atoms. The second-order valence-corrected chi connectivity index (χ2v) is 10.6. The molecule has 1 N–H and O–H groups in total. The molecule has 3 rings (SSSR count). The first-order chi connectivity index (χ1) is 17.4. The maximum atomic E-state index is 13.8. The van der Waals surface area contributed by atoms with Gasteiger partial charge in [-0.1, -0.05) is 23.7 Å². The first-order valence-corrected chi connectivity index (χ1v) is 12.9. The Hall–Kier alpha value is -3.83. The van der Waals surface area contributed by atoms with Crippen LogP contribution in [0, 0.1) is 17.0 Å². The first-order valence-electron chi connectivity index (χ1n) is 11.1. The Bertz CT molecular complexity index is 1430. The number of nitro benzene ring substituents is 1. The molecule has 0 aromatic heterocycles. The minimum Gasteiger partial charge on any atom is -0.495 e. The van der Waals surface area contributed by atoms with Gasteiger partial charge in [0.25, 0.3) is 15.7 Å². The molecular formula is C25H26ClN3O7S. The summed E-state index contributed by atoms with van der Waals surface area (Å²) in [6, 6.07) is 14.5. The van der Waals surface area contributed by atoms with Crippen LogP contribution in [0.3, 0.4) is 0 Å². The smallest absolute Gasteiger partial charge is 0.273 e. The zero-order valence-corrected chi connectivity index (χ0v) is 22.2. The van der Waals surface area contributed by atoms with Gasteiger partial charge in [-0.05, 0) is 57.2 Å². The fraction of sp³-hybridized carbons (Fsp3) is 0.240. The summed E-state index contributed by atoms with van der Waals surface area (Å²) in [4.78, 5) is 23.5. The molecule has 0 saturated heterocycles. The molecule has 0 atom stereocenters. The van der Waals surface area contributed by atoms with E-state index in [-0.39, 0.29) is 38.7 Å². The van der Waals surface area contributed by atoms with E-state index in [0.29, 0.717) is 11.4 Å². The maximum Gasteiger partial charge on any atom is 0.273 e. The van der Waals surface area contributed by atoms with Gasteiger partial charge < -0.3 is 14.8 Å². The number of ether oxygens (including phenoxy) is 2. The Morgan fingerprint density at radius 1 is 1.14 bits per heavy atom. The summed E-state index contributed by atoms with van der Waals surface area (Å²) in [5.74, 6) is -0.00983. The molecule has 0 bridgehead atoms. The van der Waals surface area contributed by atoms with Crippen molar-refractivity contribution in [2.45, 2.75) is 31.8 Å². The molecule has 0 heterocycles. The molecule has 0 radical (unpaired) electrons. The highest BCUT2D eigenvalue weighted by Crippen LogP contribution is 2.36. The zero-order chi connectivity index (χ0) is 27.3. The van der Waals surface area contributed by atoms with Gasteiger partial charge in [-0.2, -0.15) is 0 Å². The maximum absolute atomic E-state index is 13.8. The average molecular weight is 548 g/mol. The fourth-order valence-corrected chi connectivity index (χ4v) is 5.09. The second-order valence-electron chi connectivity index (χ2n) is 8.28. The number of halogens is 1. The SMILES string of the molecule is COc1ccc(Cl)cc1N(CC(=O)Nc1cccc(OC(C)C)c1)S(=O)(=O)c1ccc(C)c([N+](=O)[O-])c1. The van der Waals surface area contributed by atoms with Gasteiger partial charge in [0.2, 0.25) is 5.91 Å². The van der Waals surface area contributed by atoms with E-state index >= 15 is 0 Å². The topological polar surface area (TPSA) is 128 Å². The van der Waals surface area contributed by atoms with E-state index in [0.717, 1.165) is 10.4 Å². The van der Waals surface area contributed by atoms with Crippen LogP contribution < -0.4 is 19.1 Å². The molecule has 0 spiro atoms. The lowest BCUT2D eigenvalue weighted by molar-refractivity contribution is -0.385. The average Bonchev–Trinajstić information content (AvgIpc) is 2.82. The molecule has 0 saturated carbocycles. The van der Waals surface area contributed by atoms with Crippen molar-refractivity contribution in [3.63, 3.8) is 0 Å². The molecule has 0 aliphatic heterocycles. The van der Waals surface area contributed by atoms with Gasteiger partial charge in [-0.15, -0.1) is 0 Å². The lowest BCUT2D eigenvalue weighted by atomic mass is 10.2. The number of nitrogens with one attached hydrogen (secondary N) is 1. The number of anilines is 2. The number of nitro groups is 1. The van der Waals surface area contributed by atoms with E-state index in [1.165, 1.54) is 44.4 Å². The van der Waals surface area contributed by atoms with Gasteiger partial charge in [-0.3, -0.25) is 19.2 Å². The summed E-state index contributed by atoms with van der Waals surface area (Å²) >= 11 is 6.15. The van der Waals surface area contributed by atoms with Gasteiger partial charge in [0.1, 0.15) is 18.0 Å². The van der Waals surface area contributed by atoms with Gasteiger partial charge in [0.05, 0.1) is 28.7 Å². The lowest BCUT2D eigenvalue weighted by Gasteiger charge is -2.26. The second kappa shape index (κ2) is 11.5. The van der Waals surface area contributed by atoms with E-state index in [4.69, 9.17) is 21.1 Å². The predicted octanol–water partition coefficient (Wildman–Crippen LogP) is 5.19. The van der Waals surface area contributed by atoms with Crippen molar-refractivity contribution in [1.82, 2.24) is 0 Å². The summed E-state index contributed by atoms with van der Waals surface area (Å²) in [5, 5.41) is 14.3. The van der Waals surface area contributed by atoms with Crippen molar-refractivity contribution >= 4 is 44.6 Å². The van der Waals surface area contributed by atoms with E-state index in [2.05, 4.69) is 5.32 Å². The van der Waals surface area contributed by atoms with Crippen LogP contribution in [-0.2, 0) is 14.8 Å². The standard InChI is InChI=1S/C25H26ClN3O7S/c1-16(2)36-20-7-5-6-19(13-20)27-25(30)15-28(23-12-18(26)9-11-24(23)35-4)37(33,34)21-10-8-17(3)22(14-21)29(31)32/h5-14,16H,15H2,1-4H3,(H,27,30). The third-order valence-electron chi connectivity index (χ3n) is 5.15. The molecule has 3 aromatic carbocycles. The molecule has 0 aliphatic carbocycles. The third-order valence-corrected chi connectivity index (χ3v) is 7.14. The van der Waals surface area contributed by atoms with Crippen LogP contribution in [0.25, 0.3) is 0 Å². The number of hydrogen-bond donors (Lipinski definition) is 1. The summed E-state index contributed by atoms with van der Waals surface area (Å²) in [7, 11) is -3.14. The Morgan fingerprint density at radius 3 is 2.51 bits per heavy atom. The van der Waals surface area contributed by atoms with Gasteiger partial charge >= 0.3 is 0 Å². The number of rotatable bonds is 10. The fourth-order valence-electron chi connectivity index (χ4n) is 3.48. The Morgan fingerprint density at radius 2 is 1.86 bits per heavy atom. The third kappa shape index (κ3) is 6.69. The number of benzene rings is 3. The number of sulfonamides is 1. The molecule has 0 fully saturated rings. The molecular weight excluding hydrogens is 522 g/mol. The predicted molar refractivity (Wildman–Crippen MR) is 141 cm³/mol. The van der Waals surface area contributed by atoms with E-state index < -0.39 is 27.4 Å². The monoisotopic (exact) mass is 547 g/mol. The summed E-state index contributed by atoms with van der Waals surface area (Å²) < 4.78 is 39.3. The van der Waals surface area contributed by atoms with Crippen molar-refractivity contribution in [2.24, 2.45) is 0 Å². The molecule has 0 unspecified atom stereocenters. The number of methoxy groups -OCH3 is 1. The number of aryl methyl sites for hydroxylation is 1.